The molecule has 0 bridgehead atoms. The molecule has 100 valence electrons. The molecule has 0 spiro atoms. The maximum Gasteiger partial charge on any atom is 0.119 e. The molecule has 2 aromatic rings. The molecule has 2 rings (SSSR count). The normalized spacial score (nSPS) is 10.3. The van der Waals surface area contributed by atoms with Gasteiger partial charge in [-0.05, 0) is 59.6 Å². The second-order valence-electron chi connectivity index (χ2n) is 4.20. The summed E-state index contributed by atoms with van der Waals surface area (Å²) in [5.74, 6) is 0.910. The first-order valence-electron chi connectivity index (χ1n) is 6.28. The fraction of sp³-hybridized carbons (Fsp3) is 0.267. The van der Waals surface area contributed by atoms with Gasteiger partial charge in [0.25, 0.3) is 0 Å². The topological polar surface area (TPSA) is 34.1 Å². The Morgan fingerprint density at radius 1 is 1.26 bits per heavy atom. The van der Waals surface area contributed by atoms with Crippen LogP contribution in [-0.2, 0) is 6.54 Å². The van der Waals surface area contributed by atoms with Crippen molar-refractivity contribution in [3.05, 3.63) is 52.3 Å². The van der Waals surface area contributed by atoms with E-state index in [1.807, 2.05) is 38.1 Å². The predicted octanol–water partition coefficient (Wildman–Crippen LogP) is 4.16. The average Bonchev–Trinajstić information content (AvgIpc) is 2.38. The lowest BCUT2D eigenvalue weighted by Crippen LogP contribution is -2.02. The van der Waals surface area contributed by atoms with Crippen molar-refractivity contribution in [1.29, 1.82) is 0 Å². The quantitative estimate of drug-likeness (QED) is 0.840. The Morgan fingerprint density at radius 3 is 2.84 bits per heavy atom. The number of pyridine rings is 1. The summed E-state index contributed by atoms with van der Waals surface area (Å²) in [5, 5.41) is 3.39. The van der Waals surface area contributed by atoms with Crippen LogP contribution in [0.5, 0.6) is 5.75 Å². The minimum atomic E-state index is 0.687. The molecule has 1 heterocycles. The molecule has 0 saturated heterocycles. The highest BCUT2D eigenvalue weighted by Crippen LogP contribution is 2.18. The van der Waals surface area contributed by atoms with E-state index in [0.29, 0.717) is 6.61 Å². The van der Waals surface area contributed by atoms with Crippen molar-refractivity contribution in [3.63, 3.8) is 0 Å². The van der Waals surface area contributed by atoms with E-state index in [0.717, 1.165) is 28.3 Å². The van der Waals surface area contributed by atoms with Crippen LogP contribution in [0.4, 0.5) is 5.69 Å². The van der Waals surface area contributed by atoms with Gasteiger partial charge >= 0.3 is 0 Å². The number of hydrogen-bond acceptors (Lipinski definition) is 3. The molecule has 4 heteroatoms. The van der Waals surface area contributed by atoms with Gasteiger partial charge in [0.1, 0.15) is 10.4 Å². The van der Waals surface area contributed by atoms with Crippen LogP contribution >= 0.6 is 15.9 Å². The van der Waals surface area contributed by atoms with Crippen molar-refractivity contribution >= 4 is 21.6 Å². The van der Waals surface area contributed by atoms with E-state index < -0.39 is 0 Å². The standard InChI is InChI=1S/C15H17BrN2O/c1-3-19-13-6-4-5-12(9-13)10-17-14-7-8-15(16)18-11(14)2/h4-9,17H,3,10H2,1-2H3. The number of aromatic nitrogens is 1. The summed E-state index contributed by atoms with van der Waals surface area (Å²) >= 11 is 3.36. The number of nitrogens with zero attached hydrogens (tertiary/aromatic N) is 1. The van der Waals surface area contributed by atoms with E-state index in [1.165, 1.54) is 5.56 Å². The van der Waals surface area contributed by atoms with Crippen LogP contribution in [-0.4, -0.2) is 11.6 Å². The Bertz CT molecular complexity index is 558. The maximum atomic E-state index is 5.49. The molecular weight excluding hydrogens is 304 g/mol. The van der Waals surface area contributed by atoms with E-state index in [-0.39, 0.29) is 0 Å². The van der Waals surface area contributed by atoms with Gasteiger partial charge in [0.05, 0.1) is 18.0 Å². The summed E-state index contributed by atoms with van der Waals surface area (Å²) in [6.07, 6.45) is 0. The summed E-state index contributed by atoms with van der Waals surface area (Å²) in [7, 11) is 0. The van der Waals surface area contributed by atoms with Gasteiger partial charge in [-0.1, -0.05) is 12.1 Å². The largest absolute Gasteiger partial charge is 0.494 e. The van der Waals surface area contributed by atoms with Gasteiger partial charge < -0.3 is 10.1 Å². The summed E-state index contributed by atoms with van der Waals surface area (Å²) in [5.41, 5.74) is 3.22. The Morgan fingerprint density at radius 2 is 2.11 bits per heavy atom. The lowest BCUT2D eigenvalue weighted by Gasteiger charge is -2.10. The van der Waals surface area contributed by atoms with Gasteiger partial charge in [-0.3, -0.25) is 0 Å². The second-order valence-corrected chi connectivity index (χ2v) is 5.01. The van der Waals surface area contributed by atoms with Crippen LogP contribution in [0.15, 0.2) is 41.0 Å². The van der Waals surface area contributed by atoms with Gasteiger partial charge in [-0.15, -0.1) is 0 Å². The highest BCUT2D eigenvalue weighted by molar-refractivity contribution is 9.10. The number of rotatable bonds is 5. The Labute approximate surface area is 122 Å². The SMILES string of the molecule is CCOc1cccc(CNc2ccc(Br)nc2C)c1. The van der Waals surface area contributed by atoms with Crippen LogP contribution in [0.2, 0.25) is 0 Å². The maximum absolute atomic E-state index is 5.49. The summed E-state index contributed by atoms with van der Waals surface area (Å²) in [6, 6.07) is 12.1. The third-order valence-electron chi connectivity index (χ3n) is 2.74. The average molecular weight is 321 g/mol. The zero-order valence-corrected chi connectivity index (χ0v) is 12.7. The van der Waals surface area contributed by atoms with E-state index in [2.05, 4.69) is 38.4 Å². The van der Waals surface area contributed by atoms with Crippen molar-refractivity contribution in [2.24, 2.45) is 0 Å². The molecule has 0 amide bonds. The molecule has 0 atom stereocenters. The van der Waals surface area contributed by atoms with Gasteiger partial charge in [0, 0.05) is 6.54 Å². The molecule has 0 aliphatic carbocycles. The molecule has 3 nitrogen and oxygen atoms in total. The Kier molecular flexibility index (Phi) is 4.80. The van der Waals surface area contributed by atoms with Crippen molar-refractivity contribution in [2.75, 3.05) is 11.9 Å². The molecule has 1 aromatic carbocycles. The molecule has 1 N–H and O–H groups in total. The third-order valence-corrected chi connectivity index (χ3v) is 3.19. The van der Waals surface area contributed by atoms with Crippen LogP contribution in [0.25, 0.3) is 0 Å². The van der Waals surface area contributed by atoms with Crippen LogP contribution < -0.4 is 10.1 Å². The fourth-order valence-corrected chi connectivity index (χ4v) is 2.22. The van der Waals surface area contributed by atoms with Crippen molar-refractivity contribution in [3.8, 4) is 5.75 Å². The van der Waals surface area contributed by atoms with E-state index in [1.54, 1.807) is 0 Å². The van der Waals surface area contributed by atoms with E-state index in [9.17, 15) is 0 Å². The fourth-order valence-electron chi connectivity index (χ4n) is 1.83. The summed E-state index contributed by atoms with van der Waals surface area (Å²) in [6.45, 7) is 5.42. The lowest BCUT2D eigenvalue weighted by molar-refractivity contribution is 0.340. The van der Waals surface area contributed by atoms with Crippen LogP contribution in [0.1, 0.15) is 18.2 Å². The number of anilines is 1. The molecule has 1 aromatic heterocycles. The lowest BCUT2D eigenvalue weighted by atomic mass is 10.2. The molecule has 0 aliphatic rings. The zero-order valence-electron chi connectivity index (χ0n) is 11.1. The number of nitrogens with one attached hydrogen (secondary N) is 1. The van der Waals surface area contributed by atoms with Gasteiger partial charge in [-0.2, -0.15) is 0 Å². The number of halogens is 1. The van der Waals surface area contributed by atoms with Crippen molar-refractivity contribution < 1.29 is 4.74 Å². The second kappa shape index (κ2) is 6.57. The molecule has 0 radical (unpaired) electrons. The molecular formula is C15H17BrN2O. The molecule has 19 heavy (non-hydrogen) atoms. The molecule has 0 unspecified atom stereocenters. The number of ether oxygens (including phenoxy) is 1. The van der Waals surface area contributed by atoms with Gasteiger partial charge in [0.15, 0.2) is 0 Å². The smallest absolute Gasteiger partial charge is 0.119 e. The van der Waals surface area contributed by atoms with Crippen LogP contribution in [0.3, 0.4) is 0 Å². The highest BCUT2D eigenvalue weighted by Gasteiger charge is 2.01. The molecule has 0 saturated carbocycles. The first-order chi connectivity index (χ1) is 9.19. The Hall–Kier alpha value is -1.55. The Balaban J connectivity index is 2.03. The number of hydrogen-bond donors (Lipinski definition) is 1. The molecule has 0 fully saturated rings. The molecule has 0 aliphatic heterocycles. The third kappa shape index (κ3) is 3.96. The summed E-state index contributed by atoms with van der Waals surface area (Å²) in [4.78, 5) is 4.36. The number of benzene rings is 1. The predicted molar refractivity (Wildman–Crippen MR) is 81.6 cm³/mol. The van der Waals surface area contributed by atoms with E-state index >= 15 is 0 Å². The van der Waals surface area contributed by atoms with Gasteiger partial charge in [-0.25, -0.2) is 4.98 Å². The minimum Gasteiger partial charge on any atom is -0.494 e. The zero-order chi connectivity index (χ0) is 13.7. The van der Waals surface area contributed by atoms with Crippen LogP contribution in [0, 0.1) is 6.92 Å². The van der Waals surface area contributed by atoms with E-state index in [4.69, 9.17) is 4.74 Å². The first-order valence-corrected chi connectivity index (χ1v) is 7.07. The number of aryl methyl sites for hydroxylation is 1. The van der Waals surface area contributed by atoms with Gasteiger partial charge in [0.2, 0.25) is 0 Å². The van der Waals surface area contributed by atoms with Crippen molar-refractivity contribution in [2.45, 2.75) is 20.4 Å². The van der Waals surface area contributed by atoms with Crippen molar-refractivity contribution in [1.82, 2.24) is 4.98 Å². The summed E-state index contributed by atoms with van der Waals surface area (Å²) < 4.78 is 6.35. The monoisotopic (exact) mass is 320 g/mol. The minimum absolute atomic E-state index is 0.687. The highest BCUT2D eigenvalue weighted by atomic mass is 79.9. The first kappa shape index (κ1) is 13.9.